The van der Waals surface area contributed by atoms with E-state index in [2.05, 4.69) is 9.72 Å². The van der Waals surface area contributed by atoms with Crippen LogP contribution in [0.3, 0.4) is 0 Å². The Morgan fingerprint density at radius 1 is 1.09 bits per heavy atom. The van der Waals surface area contributed by atoms with Crippen molar-refractivity contribution in [1.29, 1.82) is 0 Å². The lowest BCUT2D eigenvalue weighted by Gasteiger charge is -2.09. The Hall–Kier alpha value is -3.23. The Kier molecular flexibility index (Phi) is 5.99. The van der Waals surface area contributed by atoms with Crippen molar-refractivity contribution in [2.24, 2.45) is 0 Å². The molecule has 2 aromatic carbocycles. The summed E-state index contributed by atoms with van der Waals surface area (Å²) in [5.74, 6) is -0.941. The molecule has 2 heterocycles. The van der Waals surface area contributed by atoms with E-state index < -0.39 is 21.8 Å². The van der Waals surface area contributed by atoms with Crippen LogP contribution in [-0.4, -0.2) is 30.5 Å². The van der Waals surface area contributed by atoms with Gasteiger partial charge in [-0.3, -0.25) is 9.78 Å². The fourth-order valence-corrected chi connectivity index (χ4v) is 4.96. The zero-order valence-corrected chi connectivity index (χ0v) is 18.5. The van der Waals surface area contributed by atoms with Crippen LogP contribution in [0.4, 0.5) is 4.39 Å². The smallest absolute Gasteiger partial charge is 0.305 e. The number of benzene rings is 2. The largest absolute Gasteiger partial charge is 0.469 e. The summed E-state index contributed by atoms with van der Waals surface area (Å²) in [6, 6.07) is 12.3. The van der Waals surface area contributed by atoms with Gasteiger partial charge in [0, 0.05) is 41.0 Å². The van der Waals surface area contributed by atoms with E-state index in [9.17, 15) is 17.6 Å². The predicted octanol–water partition coefficient (Wildman–Crippen LogP) is 4.84. The number of aromatic nitrogens is 2. The first kappa shape index (κ1) is 22.0. The molecular weight excluding hydrogens is 455 g/mol. The molecular formula is C23H18ClFN2O4S. The third kappa shape index (κ3) is 4.24. The van der Waals surface area contributed by atoms with E-state index >= 15 is 0 Å². The van der Waals surface area contributed by atoms with Crippen LogP contribution in [0.25, 0.3) is 22.0 Å². The average molecular weight is 473 g/mol. The molecule has 0 aliphatic rings. The molecule has 0 aliphatic carbocycles. The van der Waals surface area contributed by atoms with Crippen LogP contribution in [0, 0.1) is 5.82 Å². The predicted molar refractivity (Wildman–Crippen MR) is 119 cm³/mol. The summed E-state index contributed by atoms with van der Waals surface area (Å²) in [5.41, 5.74) is 2.20. The van der Waals surface area contributed by atoms with E-state index in [1.165, 1.54) is 43.8 Å². The minimum Gasteiger partial charge on any atom is -0.469 e. The number of fused-ring (bicyclic) bond motifs is 1. The van der Waals surface area contributed by atoms with Crippen molar-refractivity contribution in [2.75, 3.05) is 7.11 Å². The van der Waals surface area contributed by atoms with E-state index in [4.69, 9.17) is 11.6 Å². The molecule has 0 amide bonds. The number of aryl methyl sites for hydroxylation is 1. The molecule has 32 heavy (non-hydrogen) atoms. The van der Waals surface area contributed by atoms with E-state index in [-0.39, 0.29) is 17.7 Å². The number of hydrogen-bond acceptors (Lipinski definition) is 5. The van der Waals surface area contributed by atoms with Crippen molar-refractivity contribution in [3.63, 3.8) is 0 Å². The van der Waals surface area contributed by atoms with Crippen LogP contribution in [-0.2, 0) is 26.0 Å². The fraction of sp³-hybridized carbons (Fsp3) is 0.130. The average Bonchev–Trinajstić information content (AvgIpc) is 3.16. The van der Waals surface area contributed by atoms with Gasteiger partial charge in [0.2, 0.25) is 0 Å². The summed E-state index contributed by atoms with van der Waals surface area (Å²) in [4.78, 5) is 15.6. The molecule has 0 N–H and O–H groups in total. The summed E-state index contributed by atoms with van der Waals surface area (Å²) in [6.45, 7) is 0. The van der Waals surface area contributed by atoms with Gasteiger partial charge in [-0.25, -0.2) is 16.8 Å². The minimum atomic E-state index is -4.05. The summed E-state index contributed by atoms with van der Waals surface area (Å²) in [7, 11) is -2.78. The summed E-state index contributed by atoms with van der Waals surface area (Å²) in [5, 5.41) is 0.982. The molecule has 0 unspecified atom stereocenters. The highest BCUT2D eigenvalue weighted by Gasteiger charge is 2.23. The van der Waals surface area contributed by atoms with E-state index in [1.54, 1.807) is 30.5 Å². The van der Waals surface area contributed by atoms with Crippen LogP contribution in [0.15, 0.2) is 72.0 Å². The second-order valence-corrected chi connectivity index (χ2v) is 9.36. The Morgan fingerprint density at radius 2 is 1.84 bits per heavy atom. The molecule has 4 aromatic rings. The standard InChI is InChI=1S/C23H18ClFN2O4S/c1-31-23(28)9-4-16-14-27(22-8-7-19(25)11-21(16)22)32(29,30)20-10-17(12-26-13-20)15-2-5-18(24)6-3-15/h2-3,5-8,10-14H,4,9H2,1H3. The number of nitrogens with zero attached hydrogens (tertiary/aromatic N) is 2. The Balaban J connectivity index is 1.80. The van der Waals surface area contributed by atoms with Gasteiger partial charge in [0.25, 0.3) is 10.0 Å². The SMILES string of the molecule is COC(=O)CCc1cn(S(=O)(=O)c2cncc(-c3ccc(Cl)cc3)c2)c2ccc(F)cc12. The molecule has 164 valence electrons. The summed E-state index contributed by atoms with van der Waals surface area (Å²) in [6.07, 6.45) is 4.49. The molecule has 0 saturated carbocycles. The lowest BCUT2D eigenvalue weighted by molar-refractivity contribution is -0.140. The third-order valence-electron chi connectivity index (χ3n) is 5.09. The molecule has 0 atom stereocenters. The zero-order valence-electron chi connectivity index (χ0n) is 17.0. The maximum atomic E-state index is 13.9. The van der Waals surface area contributed by atoms with E-state index in [1.807, 2.05) is 0 Å². The van der Waals surface area contributed by atoms with Crippen molar-refractivity contribution < 1.29 is 22.3 Å². The topological polar surface area (TPSA) is 78.3 Å². The first-order valence-electron chi connectivity index (χ1n) is 9.62. The fourth-order valence-electron chi connectivity index (χ4n) is 3.45. The maximum absolute atomic E-state index is 13.9. The highest BCUT2D eigenvalue weighted by atomic mass is 35.5. The molecule has 2 aromatic heterocycles. The molecule has 0 aliphatic heterocycles. The molecule has 0 bridgehead atoms. The van der Waals surface area contributed by atoms with Crippen molar-refractivity contribution in [3.8, 4) is 11.1 Å². The number of hydrogen-bond donors (Lipinski definition) is 0. The maximum Gasteiger partial charge on any atom is 0.305 e. The van der Waals surface area contributed by atoms with Gasteiger partial charge in [0.1, 0.15) is 10.7 Å². The lowest BCUT2D eigenvalue weighted by atomic mass is 10.1. The first-order valence-corrected chi connectivity index (χ1v) is 11.4. The quantitative estimate of drug-likeness (QED) is 0.375. The zero-order chi connectivity index (χ0) is 22.9. The van der Waals surface area contributed by atoms with Crippen LogP contribution < -0.4 is 0 Å². The highest BCUT2D eigenvalue weighted by Crippen LogP contribution is 2.29. The second-order valence-electron chi connectivity index (χ2n) is 7.11. The number of esters is 1. The van der Waals surface area contributed by atoms with Gasteiger partial charge in [-0.2, -0.15) is 0 Å². The van der Waals surface area contributed by atoms with Crippen LogP contribution in [0.2, 0.25) is 5.02 Å². The van der Waals surface area contributed by atoms with Gasteiger partial charge in [0.15, 0.2) is 0 Å². The summed E-state index contributed by atoms with van der Waals surface area (Å²) >= 11 is 5.94. The van der Waals surface area contributed by atoms with Gasteiger partial charge < -0.3 is 4.74 Å². The monoisotopic (exact) mass is 472 g/mol. The van der Waals surface area contributed by atoms with E-state index in [0.717, 1.165) is 9.54 Å². The van der Waals surface area contributed by atoms with Gasteiger partial charge in [-0.15, -0.1) is 0 Å². The molecule has 6 nitrogen and oxygen atoms in total. The number of ether oxygens (including phenoxy) is 1. The number of carbonyl (C=O) groups excluding carboxylic acids is 1. The lowest BCUT2D eigenvalue weighted by Crippen LogP contribution is -2.12. The van der Waals surface area contributed by atoms with Crippen molar-refractivity contribution in [3.05, 3.63) is 83.5 Å². The normalized spacial score (nSPS) is 11.6. The molecule has 9 heteroatoms. The molecule has 0 spiro atoms. The number of methoxy groups -OCH3 is 1. The van der Waals surface area contributed by atoms with Gasteiger partial charge in [0.05, 0.1) is 12.6 Å². The van der Waals surface area contributed by atoms with Crippen molar-refractivity contribution >= 4 is 38.5 Å². The van der Waals surface area contributed by atoms with Crippen molar-refractivity contribution in [1.82, 2.24) is 8.96 Å². The Morgan fingerprint density at radius 3 is 2.56 bits per heavy atom. The van der Waals surface area contributed by atoms with E-state index in [0.29, 0.717) is 27.1 Å². The number of halogens is 2. The van der Waals surface area contributed by atoms with Gasteiger partial charge in [-0.05, 0) is 53.9 Å². The molecule has 0 radical (unpaired) electrons. The van der Waals surface area contributed by atoms with Crippen molar-refractivity contribution in [2.45, 2.75) is 17.7 Å². The number of carbonyl (C=O) groups is 1. The summed E-state index contributed by atoms with van der Waals surface area (Å²) < 4.78 is 46.7. The molecule has 4 rings (SSSR count). The van der Waals surface area contributed by atoms with Gasteiger partial charge >= 0.3 is 5.97 Å². The Labute approximate surface area is 189 Å². The number of rotatable bonds is 6. The van der Waals surface area contributed by atoms with Crippen LogP contribution >= 0.6 is 11.6 Å². The van der Waals surface area contributed by atoms with Crippen LogP contribution in [0.1, 0.15) is 12.0 Å². The highest BCUT2D eigenvalue weighted by molar-refractivity contribution is 7.90. The number of pyridine rings is 1. The second kappa shape index (κ2) is 8.72. The third-order valence-corrected chi connectivity index (χ3v) is 6.98. The minimum absolute atomic E-state index is 0.0225. The molecule has 0 saturated heterocycles. The Bertz CT molecular complexity index is 1420. The molecule has 0 fully saturated rings. The van der Waals surface area contributed by atoms with Crippen LogP contribution in [0.5, 0.6) is 0 Å². The van der Waals surface area contributed by atoms with Gasteiger partial charge in [-0.1, -0.05) is 23.7 Å². The first-order chi connectivity index (χ1) is 15.3.